The van der Waals surface area contributed by atoms with E-state index in [1.807, 2.05) is 30.3 Å². The van der Waals surface area contributed by atoms with Crippen molar-refractivity contribution in [3.63, 3.8) is 0 Å². The molecule has 1 aromatic heterocycles. The SMILES string of the molecule is COc1cc(C(=O)[C@H]2C(=O)c3cc(N4CCNCC4)ccc3OC23CCNCC3)nc2c(OC)cccc12. The van der Waals surface area contributed by atoms with Crippen molar-refractivity contribution in [2.24, 2.45) is 5.92 Å². The van der Waals surface area contributed by atoms with Gasteiger partial charge in [-0.2, -0.15) is 0 Å². The van der Waals surface area contributed by atoms with Crippen LogP contribution in [0.1, 0.15) is 33.7 Å². The third-order valence-corrected chi connectivity index (χ3v) is 7.98. The van der Waals surface area contributed by atoms with Gasteiger partial charge < -0.3 is 29.7 Å². The molecule has 2 fully saturated rings. The predicted molar refractivity (Wildman–Crippen MR) is 144 cm³/mol. The number of hydrogen-bond acceptors (Lipinski definition) is 9. The van der Waals surface area contributed by atoms with Crippen LogP contribution in [-0.4, -0.2) is 75.6 Å². The zero-order valence-corrected chi connectivity index (χ0v) is 21.7. The fraction of sp³-hybridized carbons (Fsp3) is 0.414. The van der Waals surface area contributed by atoms with Crippen LogP contribution < -0.4 is 29.7 Å². The number of ketones is 2. The number of hydrogen-bond donors (Lipinski definition) is 2. The standard InChI is InChI=1S/C29H32N4O5/c1-36-23-5-3-4-19-24(37-2)17-21(32-26(19)23)28(35)25-27(34)20-16-18(33-14-12-31-13-15-33)6-7-22(20)38-29(25)8-10-30-11-9-29/h3-7,16-17,25,30-31H,8-15H2,1-2H3/t25-/m1/s1. The highest BCUT2D eigenvalue weighted by atomic mass is 16.5. The molecular formula is C29H32N4O5. The normalized spacial score (nSPS) is 20.6. The summed E-state index contributed by atoms with van der Waals surface area (Å²) in [5.41, 5.74) is 1.16. The van der Waals surface area contributed by atoms with Crippen LogP contribution in [0.15, 0.2) is 42.5 Å². The maximum absolute atomic E-state index is 14.3. The zero-order chi connectivity index (χ0) is 26.3. The van der Waals surface area contributed by atoms with Crippen LogP contribution in [-0.2, 0) is 0 Å². The van der Waals surface area contributed by atoms with Crippen molar-refractivity contribution in [3.05, 3.63) is 53.7 Å². The molecule has 2 N–H and O–H groups in total. The minimum Gasteiger partial charge on any atom is -0.496 e. The molecule has 38 heavy (non-hydrogen) atoms. The van der Waals surface area contributed by atoms with E-state index in [4.69, 9.17) is 19.2 Å². The van der Waals surface area contributed by atoms with E-state index in [0.717, 1.165) is 37.3 Å². The molecule has 0 bridgehead atoms. The second-order valence-corrected chi connectivity index (χ2v) is 10.1. The Balaban J connectivity index is 1.45. The van der Waals surface area contributed by atoms with E-state index >= 15 is 0 Å². The quantitative estimate of drug-likeness (QED) is 0.392. The summed E-state index contributed by atoms with van der Waals surface area (Å²) in [7, 11) is 3.12. The summed E-state index contributed by atoms with van der Waals surface area (Å²) < 4.78 is 17.8. The molecule has 0 saturated carbocycles. The molecule has 3 aliphatic heterocycles. The zero-order valence-electron chi connectivity index (χ0n) is 21.7. The maximum Gasteiger partial charge on any atom is 0.196 e. The van der Waals surface area contributed by atoms with Crippen LogP contribution in [0.3, 0.4) is 0 Å². The number of pyridine rings is 1. The molecule has 0 unspecified atom stereocenters. The number of methoxy groups -OCH3 is 2. The second kappa shape index (κ2) is 9.89. The third kappa shape index (κ3) is 4.06. The van der Waals surface area contributed by atoms with Gasteiger partial charge in [0.1, 0.15) is 40.0 Å². The molecule has 0 amide bonds. The van der Waals surface area contributed by atoms with E-state index in [2.05, 4.69) is 15.5 Å². The van der Waals surface area contributed by atoms with Gasteiger partial charge in [-0.25, -0.2) is 4.98 Å². The van der Waals surface area contributed by atoms with Gasteiger partial charge in [0.2, 0.25) is 0 Å². The first-order valence-electron chi connectivity index (χ1n) is 13.1. The maximum atomic E-state index is 14.3. The number of Topliss-reactive ketones (excluding diaryl/α,β-unsaturated/α-hetero) is 2. The number of ether oxygens (including phenoxy) is 3. The number of benzene rings is 2. The van der Waals surface area contributed by atoms with Crippen LogP contribution in [0.2, 0.25) is 0 Å². The average molecular weight is 517 g/mol. The topological polar surface area (TPSA) is 102 Å². The van der Waals surface area contributed by atoms with Crippen molar-refractivity contribution in [3.8, 4) is 17.2 Å². The molecule has 1 atom stereocenters. The summed E-state index contributed by atoms with van der Waals surface area (Å²) >= 11 is 0. The molecule has 6 rings (SSSR count). The van der Waals surface area contributed by atoms with Crippen molar-refractivity contribution in [1.82, 2.24) is 15.6 Å². The molecule has 0 radical (unpaired) electrons. The number of para-hydroxylation sites is 1. The lowest BCUT2D eigenvalue weighted by molar-refractivity contribution is -0.0139. The largest absolute Gasteiger partial charge is 0.496 e. The van der Waals surface area contributed by atoms with Crippen molar-refractivity contribution in [1.29, 1.82) is 0 Å². The van der Waals surface area contributed by atoms with Crippen LogP contribution in [0, 0.1) is 5.92 Å². The fourth-order valence-corrected chi connectivity index (χ4v) is 5.99. The van der Waals surface area contributed by atoms with E-state index in [1.165, 1.54) is 0 Å². The number of aromatic nitrogens is 1. The lowest BCUT2D eigenvalue weighted by atomic mass is 9.71. The van der Waals surface area contributed by atoms with Gasteiger partial charge in [0.05, 0.1) is 19.8 Å². The van der Waals surface area contributed by atoms with Crippen molar-refractivity contribution in [2.75, 3.05) is 58.4 Å². The highest BCUT2D eigenvalue weighted by molar-refractivity contribution is 6.19. The first-order chi connectivity index (χ1) is 18.5. The number of carbonyl (C=O) groups is 2. The van der Waals surface area contributed by atoms with E-state index in [1.54, 1.807) is 26.4 Å². The van der Waals surface area contributed by atoms with E-state index in [0.29, 0.717) is 54.3 Å². The number of piperidine rings is 1. The first-order valence-corrected chi connectivity index (χ1v) is 13.1. The molecule has 4 heterocycles. The second-order valence-electron chi connectivity index (χ2n) is 10.1. The number of rotatable bonds is 5. The predicted octanol–water partition coefficient (Wildman–Crippen LogP) is 2.86. The molecule has 0 aliphatic carbocycles. The van der Waals surface area contributed by atoms with Crippen LogP contribution >= 0.6 is 0 Å². The fourth-order valence-electron chi connectivity index (χ4n) is 5.99. The molecule has 9 heteroatoms. The van der Waals surface area contributed by atoms with Crippen molar-refractivity contribution >= 4 is 28.2 Å². The first kappa shape index (κ1) is 24.6. The summed E-state index contributed by atoms with van der Waals surface area (Å²) in [5, 5.41) is 7.42. The summed E-state index contributed by atoms with van der Waals surface area (Å²) in [4.78, 5) is 35.5. The van der Waals surface area contributed by atoms with E-state index in [9.17, 15) is 9.59 Å². The van der Waals surface area contributed by atoms with Gasteiger partial charge >= 0.3 is 0 Å². The Morgan fingerprint density at radius 3 is 2.47 bits per heavy atom. The van der Waals surface area contributed by atoms with Crippen LogP contribution in [0.25, 0.3) is 10.9 Å². The summed E-state index contributed by atoms with van der Waals surface area (Å²) in [6, 6.07) is 12.9. The Labute approximate surface area is 221 Å². The van der Waals surface area contributed by atoms with Gasteiger partial charge in [0.25, 0.3) is 0 Å². The minimum absolute atomic E-state index is 0.167. The lowest BCUT2D eigenvalue weighted by Gasteiger charge is -2.45. The van der Waals surface area contributed by atoms with E-state index < -0.39 is 11.5 Å². The summed E-state index contributed by atoms with van der Waals surface area (Å²) in [6.07, 6.45) is 1.09. The summed E-state index contributed by atoms with van der Waals surface area (Å²) in [6.45, 7) is 4.80. The highest BCUT2D eigenvalue weighted by Crippen LogP contribution is 2.45. The van der Waals surface area contributed by atoms with Crippen LogP contribution in [0.5, 0.6) is 17.2 Å². The average Bonchev–Trinajstić information content (AvgIpc) is 2.97. The van der Waals surface area contributed by atoms with E-state index in [-0.39, 0.29) is 17.3 Å². The Hall–Kier alpha value is -3.69. The molecule has 3 aromatic rings. The Morgan fingerprint density at radius 2 is 1.74 bits per heavy atom. The van der Waals surface area contributed by atoms with Gasteiger partial charge in [-0.1, -0.05) is 6.07 Å². The third-order valence-electron chi connectivity index (χ3n) is 7.98. The Bertz CT molecular complexity index is 1400. The van der Waals surface area contributed by atoms with Gasteiger partial charge in [0.15, 0.2) is 11.6 Å². The number of nitrogens with zero attached hydrogens (tertiary/aromatic N) is 2. The molecule has 1 spiro atoms. The summed E-state index contributed by atoms with van der Waals surface area (Å²) in [5.74, 6) is -0.00557. The highest BCUT2D eigenvalue weighted by Gasteiger charge is 2.54. The molecule has 198 valence electrons. The van der Waals surface area contributed by atoms with Crippen molar-refractivity contribution < 1.29 is 23.8 Å². The number of fused-ring (bicyclic) bond motifs is 2. The minimum atomic E-state index is -1.01. The molecule has 3 aliphatic rings. The van der Waals surface area contributed by atoms with Gasteiger partial charge in [-0.3, -0.25) is 9.59 Å². The number of piperazine rings is 1. The van der Waals surface area contributed by atoms with Gasteiger partial charge in [-0.05, 0) is 43.4 Å². The smallest absolute Gasteiger partial charge is 0.196 e. The Kier molecular flexibility index (Phi) is 6.41. The molecular weight excluding hydrogens is 484 g/mol. The number of carbonyl (C=O) groups excluding carboxylic acids is 2. The lowest BCUT2D eigenvalue weighted by Crippen LogP contribution is -2.58. The van der Waals surface area contributed by atoms with Gasteiger partial charge in [-0.15, -0.1) is 0 Å². The molecule has 9 nitrogen and oxygen atoms in total. The molecule has 2 aromatic carbocycles. The monoisotopic (exact) mass is 516 g/mol. The number of anilines is 1. The Morgan fingerprint density at radius 1 is 1.00 bits per heavy atom. The van der Waals surface area contributed by atoms with Gasteiger partial charge in [0, 0.05) is 56.2 Å². The molecule has 2 saturated heterocycles. The van der Waals surface area contributed by atoms with Crippen molar-refractivity contribution in [2.45, 2.75) is 18.4 Å². The van der Waals surface area contributed by atoms with Crippen LogP contribution in [0.4, 0.5) is 5.69 Å². The number of nitrogens with one attached hydrogen (secondary N) is 2.